The van der Waals surface area contributed by atoms with Gasteiger partial charge in [-0.25, -0.2) is 9.59 Å². The van der Waals surface area contributed by atoms with Gasteiger partial charge in [0.15, 0.2) is 0 Å². The summed E-state index contributed by atoms with van der Waals surface area (Å²) in [6.45, 7) is 5.16. The zero-order chi connectivity index (χ0) is 27.7. The molecule has 0 bridgehead atoms. The van der Waals surface area contributed by atoms with Gasteiger partial charge in [0.2, 0.25) is 0 Å². The van der Waals surface area contributed by atoms with Crippen LogP contribution in [0.3, 0.4) is 0 Å². The van der Waals surface area contributed by atoms with Gasteiger partial charge in [0, 0.05) is 24.0 Å². The fourth-order valence-electron chi connectivity index (χ4n) is 4.91. The van der Waals surface area contributed by atoms with Crippen molar-refractivity contribution in [3.8, 4) is 0 Å². The van der Waals surface area contributed by atoms with E-state index in [1.165, 1.54) is 0 Å². The Bertz CT molecular complexity index is 1430. The number of carboxylic acids is 1. The zero-order valence-corrected chi connectivity index (χ0v) is 22.1. The molecule has 1 aliphatic carbocycles. The number of ether oxygens (including phenoxy) is 1. The van der Waals surface area contributed by atoms with Crippen LogP contribution in [0.2, 0.25) is 0 Å². The van der Waals surface area contributed by atoms with Gasteiger partial charge < -0.3 is 25.7 Å². The molecule has 1 amide bonds. The SMILES string of the molecule is CC(C)(C)OC(=O)NC(Cc1ccc(N2NNC3=C2c2ccccc2CC(O)c2ccccc23)cc1)C(=O)O. The third-order valence-corrected chi connectivity index (χ3v) is 6.65. The van der Waals surface area contributed by atoms with Crippen molar-refractivity contribution >= 4 is 29.1 Å². The number of anilines is 1. The Kier molecular flexibility index (Phi) is 7.03. The highest BCUT2D eigenvalue weighted by Gasteiger charge is 2.32. The minimum atomic E-state index is -1.14. The normalized spacial score (nSPS) is 17.1. The maximum atomic E-state index is 12.1. The van der Waals surface area contributed by atoms with Gasteiger partial charge in [0.25, 0.3) is 0 Å². The molecule has 5 N–H and O–H groups in total. The Balaban J connectivity index is 1.44. The van der Waals surface area contributed by atoms with E-state index >= 15 is 0 Å². The predicted octanol–water partition coefficient (Wildman–Crippen LogP) is 4.15. The largest absolute Gasteiger partial charge is 0.480 e. The van der Waals surface area contributed by atoms with Gasteiger partial charge in [-0.15, -0.1) is 5.53 Å². The summed E-state index contributed by atoms with van der Waals surface area (Å²) in [6.07, 6.45) is -0.824. The second-order valence-electron chi connectivity index (χ2n) is 10.7. The lowest BCUT2D eigenvalue weighted by atomic mass is 9.88. The second-order valence-corrected chi connectivity index (χ2v) is 10.7. The maximum Gasteiger partial charge on any atom is 0.408 e. The molecule has 2 atom stereocenters. The van der Waals surface area contributed by atoms with E-state index < -0.39 is 29.8 Å². The molecule has 0 saturated carbocycles. The van der Waals surface area contributed by atoms with Gasteiger partial charge in [-0.2, -0.15) is 0 Å². The van der Waals surface area contributed by atoms with Crippen LogP contribution in [0.15, 0.2) is 72.8 Å². The Morgan fingerprint density at radius 3 is 2.38 bits per heavy atom. The molecule has 1 heterocycles. The van der Waals surface area contributed by atoms with Gasteiger partial charge in [-0.1, -0.05) is 60.7 Å². The van der Waals surface area contributed by atoms with Gasteiger partial charge in [0.05, 0.1) is 23.2 Å². The van der Waals surface area contributed by atoms with Crippen LogP contribution in [0.1, 0.15) is 54.7 Å². The van der Waals surface area contributed by atoms with E-state index in [-0.39, 0.29) is 6.42 Å². The average Bonchev–Trinajstić information content (AvgIpc) is 3.31. The number of aliphatic carboxylic acids is 1. The van der Waals surface area contributed by atoms with Crippen molar-refractivity contribution in [2.75, 3.05) is 5.01 Å². The van der Waals surface area contributed by atoms with Crippen LogP contribution < -0.4 is 21.3 Å². The fourth-order valence-corrected chi connectivity index (χ4v) is 4.91. The van der Waals surface area contributed by atoms with E-state index in [0.29, 0.717) is 6.42 Å². The van der Waals surface area contributed by atoms with E-state index in [9.17, 15) is 19.8 Å². The Morgan fingerprint density at radius 2 is 1.69 bits per heavy atom. The molecule has 3 aromatic carbocycles. The first-order chi connectivity index (χ1) is 18.6. The van der Waals surface area contributed by atoms with E-state index in [4.69, 9.17) is 4.74 Å². The number of carbonyl (C=O) groups excluding carboxylic acids is 1. The number of amides is 1. The number of hydrazine groups is 2. The van der Waals surface area contributed by atoms with Crippen LogP contribution in [0, 0.1) is 0 Å². The standard InChI is InChI=1S/C30H32N4O5/c1-30(2,3)39-29(38)31-24(28(36)37)16-18-12-14-20(15-13-18)34-27-21-9-5-4-8-19(21)17-25(35)22-10-6-7-11-23(22)26(27)32-33-34/h4-15,24-25,32-33,35H,16-17H2,1-3H3,(H,31,38)(H,36,37). The van der Waals surface area contributed by atoms with Gasteiger partial charge >= 0.3 is 12.1 Å². The fraction of sp³-hybridized carbons (Fsp3) is 0.267. The lowest BCUT2D eigenvalue weighted by Crippen LogP contribution is -2.44. The summed E-state index contributed by atoms with van der Waals surface area (Å²) in [7, 11) is 0. The van der Waals surface area contributed by atoms with Crippen molar-refractivity contribution in [3.63, 3.8) is 0 Å². The topological polar surface area (TPSA) is 123 Å². The highest BCUT2D eigenvalue weighted by molar-refractivity contribution is 5.99. The number of hydrogen-bond donors (Lipinski definition) is 5. The smallest absolute Gasteiger partial charge is 0.408 e. The Labute approximate surface area is 227 Å². The molecular formula is C30H32N4O5. The van der Waals surface area contributed by atoms with E-state index in [1.807, 2.05) is 77.8 Å². The third kappa shape index (κ3) is 5.59. The van der Waals surface area contributed by atoms with Crippen LogP contribution in [-0.2, 0) is 22.4 Å². The van der Waals surface area contributed by atoms with Gasteiger partial charge in [-0.05, 0) is 49.6 Å². The first-order valence-electron chi connectivity index (χ1n) is 12.8. The van der Waals surface area contributed by atoms with Crippen molar-refractivity contribution in [2.45, 2.75) is 51.4 Å². The molecule has 9 heteroatoms. The quantitative estimate of drug-likeness (QED) is 0.335. The van der Waals surface area contributed by atoms with Crippen molar-refractivity contribution < 1.29 is 24.5 Å². The summed E-state index contributed by atoms with van der Waals surface area (Å²) in [5.74, 6) is -1.14. The molecule has 0 spiro atoms. The van der Waals surface area contributed by atoms with Gasteiger partial charge in [-0.3, -0.25) is 5.01 Å². The molecule has 5 rings (SSSR count). The van der Waals surface area contributed by atoms with Crippen LogP contribution in [0.5, 0.6) is 0 Å². The van der Waals surface area contributed by atoms with E-state index in [2.05, 4.69) is 16.3 Å². The van der Waals surface area contributed by atoms with Gasteiger partial charge in [0.1, 0.15) is 11.6 Å². The molecule has 0 radical (unpaired) electrons. The van der Waals surface area contributed by atoms with Crippen LogP contribution in [0.4, 0.5) is 10.5 Å². The Morgan fingerprint density at radius 1 is 1.03 bits per heavy atom. The molecule has 9 nitrogen and oxygen atoms in total. The predicted molar refractivity (Wildman–Crippen MR) is 148 cm³/mol. The second kappa shape index (κ2) is 10.4. The molecular weight excluding hydrogens is 496 g/mol. The summed E-state index contributed by atoms with van der Waals surface area (Å²) < 4.78 is 5.22. The van der Waals surface area contributed by atoms with Crippen molar-refractivity contribution in [1.29, 1.82) is 0 Å². The van der Waals surface area contributed by atoms with E-state index in [1.54, 1.807) is 20.8 Å². The highest BCUT2D eigenvalue weighted by Crippen LogP contribution is 2.40. The first-order valence-corrected chi connectivity index (χ1v) is 12.8. The van der Waals surface area contributed by atoms with Crippen molar-refractivity contribution in [2.24, 2.45) is 0 Å². The van der Waals surface area contributed by atoms with Crippen molar-refractivity contribution in [3.05, 3.63) is 101 Å². The summed E-state index contributed by atoms with van der Waals surface area (Å²) in [5, 5.41) is 25.1. The number of nitrogens with zero attached hydrogens (tertiary/aromatic N) is 1. The average molecular weight is 529 g/mol. The third-order valence-electron chi connectivity index (χ3n) is 6.65. The highest BCUT2D eigenvalue weighted by atomic mass is 16.6. The lowest BCUT2D eigenvalue weighted by molar-refractivity contribution is -0.139. The number of carbonyl (C=O) groups is 2. The molecule has 39 heavy (non-hydrogen) atoms. The first kappa shape index (κ1) is 26.3. The number of alkyl carbamates (subject to hydrolysis) is 1. The zero-order valence-electron chi connectivity index (χ0n) is 22.1. The number of hydrogen-bond acceptors (Lipinski definition) is 7. The van der Waals surface area contributed by atoms with Crippen molar-refractivity contribution in [1.82, 2.24) is 16.3 Å². The molecule has 202 valence electrons. The number of carboxylic acid groups (broad SMARTS) is 1. The number of fused-ring (bicyclic) bond motifs is 4. The van der Waals surface area contributed by atoms with E-state index in [0.717, 1.165) is 44.9 Å². The van der Waals surface area contributed by atoms with Crippen LogP contribution in [-0.4, -0.2) is 33.9 Å². The molecule has 2 unspecified atom stereocenters. The number of benzene rings is 3. The molecule has 2 aliphatic rings. The number of nitrogens with one attached hydrogen (secondary N) is 3. The monoisotopic (exact) mass is 528 g/mol. The summed E-state index contributed by atoms with van der Waals surface area (Å²) in [6, 6.07) is 22.2. The minimum absolute atomic E-state index is 0.0998. The molecule has 0 aromatic heterocycles. The molecule has 0 fully saturated rings. The van der Waals surface area contributed by atoms with Crippen LogP contribution in [0.25, 0.3) is 11.4 Å². The summed E-state index contributed by atoms with van der Waals surface area (Å²) >= 11 is 0. The maximum absolute atomic E-state index is 12.1. The summed E-state index contributed by atoms with van der Waals surface area (Å²) in [5.41, 5.74) is 13.0. The number of aliphatic hydroxyl groups excluding tert-OH is 1. The molecule has 3 aromatic rings. The number of rotatable bonds is 5. The minimum Gasteiger partial charge on any atom is -0.480 e. The Hall–Kier alpha value is -4.34. The number of aliphatic hydroxyl groups is 1. The van der Waals surface area contributed by atoms with Crippen LogP contribution >= 0.6 is 0 Å². The molecule has 0 saturated heterocycles. The summed E-state index contributed by atoms with van der Waals surface area (Å²) in [4.78, 5) is 24.0. The lowest BCUT2D eigenvalue weighted by Gasteiger charge is -2.26. The molecule has 1 aliphatic heterocycles.